The minimum absolute atomic E-state index is 0.209. The molecule has 0 atom stereocenters. The van der Waals surface area contributed by atoms with E-state index in [0.717, 1.165) is 25.0 Å². The molecule has 0 amide bonds. The molecule has 2 aliphatic rings. The Kier molecular flexibility index (Phi) is 3.84. The highest BCUT2D eigenvalue weighted by Crippen LogP contribution is 2.37. The lowest BCUT2D eigenvalue weighted by atomic mass is 10.2. The number of nitrogens with zero attached hydrogens (tertiary/aromatic N) is 2. The number of sulfone groups is 1. The van der Waals surface area contributed by atoms with Crippen LogP contribution in [0.3, 0.4) is 0 Å². The van der Waals surface area contributed by atoms with Gasteiger partial charge >= 0.3 is 0 Å². The summed E-state index contributed by atoms with van der Waals surface area (Å²) >= 11 is 0. The zero-order valence-electron chi connectivity index (χ0n) is 12.6. The van der Waals surface area contributed by atoms with Crippen LogP contribution in [0.4, 0.5) is 11.4 Å². The molecule has 0 aliphatic heterocycles. The lowest BCUT2D eigenvalue weighted by molar-refractivity contribution is -0.387. The molecule has 0 unspecified atom stereocenters. The van der Waals surface area contributed by atoms with Crippen molar-refractivity contribution >= 4 is 21.2 Å². The molecule has 2 saturated carbocycles. The molecular formula is C15H20N2O4S. The summed E-state index contributed by atoms with van der Waals surface area (Å²) in [5.41, 5.74) is 0.439. The van der Waals surface area contributed by atoms with Crippen molar-refractivity contribution < 1.29 is 13.3 Å². The highest BCUT2D eigenvalue weighted by atomic mass is 32.2. The van der Waals surface area contributed by atoms with Gasteiger partial charge in [-0.1, -0.05) is 0 Å². The predicted octanol–water partition coefficient (Wildman–Crippen LogP) is 2.62. The van der Waals surface area contributed by atoms with Crippen LogP contribution in [0.25, 0.3) is 0 Å². The van der Waals surface area contributed by atoms with Crippen molar-refractivity contribution in [3.8, 4) is 0 Å². The third-order valence-corrected chi connectivity index (χ3v) is 5.40. The van der Waals surface area contributed by atoms with Gasteiger partial charge in [0, 0.05) is 31.1 Å². The lowest BCUT2D eigenvalue weighted by Gasteiger charge is -2.25. The van der Waals surface area contributed by atoms with Gasteiger partial charge in [-0.25, -0.2) is 8.42 Å². The molecule has 120 valence electrons. The molecule has 2 aliphatic carbocycles. The third kappa shape index (κ3) is 3.58. The molecule has 1 aromatic rings. The topological polar surface area (TPSA) is 80.5 Å². The molecular weight excluding hydrogens is 304 g/mol. The predicted molar refractivity (Wildman–Crippen MR) is 83.9 cm³/mol. The minimum Gasteiger partial charge on any atom is -0.371 e. The summed E-state index contributed by atoms with van der Waals surface area (Å²) in [6.45, 7) is 1.82. The summed E-state index contributed by atoms with van der Waals surface area (Å²) in [4.78, 5) is 12.6. The van der Waals surface area contributed by atoms with Crippen molar-refractivity contribution in [1.82, 2.24) is 0 Å². The average molecular weight is 324 g/mol. The fourth-order valence-corrected chi connectivity index (χ4v) is 3.50. The van der Waals surface area contributed by atoms with Crippen LogP contribution in [0.15, 0.2) is 23.1 Å². The first kappa shape index (κ1) is 15.3. The number of nitro benzene ring substituents is 1. The first-order valence-electron chi connectivity index (χ1n) is 7.58. The van der Waals surface area contributed by atoms with Crippen molar-refractivity contribution in [3.05, 3.63) is 28.3 Å². The van der Waals surface area contributed by atoms with Crippen LogP contribution in [0.5, 0.6) is 0 Å². The Hall–Kier alpha value is -1.63. The molecule has 0 saturated heterocycles. The summed E-state index contributed by atoms with van der Waals surface area (Å²) in [5, 5.41) is 11.2. The zero-order valence-corrected chi connectivity index (χ0v) is 13.4. The molecule has 22 heavy (non-hydrogen) atoms. The molecule has 0 bridgehead atoms. The molecule has 7 heteroatoms. The SMILES string of the molecule is CS(=O)(=O)c1ccc(N(CC2CC2)CC2CC2)cc1[N+](=O)[O-]. The van der Waals surface area contributed by atoms with Gasteiger partial charge in [0.2, 0.25) is 0 Å². The maximum absolute atomic E-state index is 11.7. The van der Waals surface area contributed by atoms with Gasteiger partial charge in [-0.2, -0.15) is 0 Å². The first-order valence-corrected chi connectivity index (χ1v) is 9.47. The summed E-state index contributed by atoms with van der Waals surface area (Å²) in [6, 6.07) is 4.49. The molecule has 0 aromatic heterocycles. The van der Waals surface area contributed by atoms with Gasteiger partial charge in [0.05, 0.1) is 4.92 Å². The smallest absolute Gasteiger partial charge is 0.290 e. The number of rotatable bonds is 7. The number of nitro groups is 1. The molecule has 6 nitrogen and oxygen atoms in total. The molecule has 0 heterocycles. The van der Waals surface area contributed by atoms with Crippen LogP contribution in [-0.4, -0.2) is 32.7 Å². The monoisotopic (exact) mass is 324 g/mol. The summed E-state index contributed by atoms with van der Waals surface area (Å²) in [5.74, 6) is 1.35. The quantitative estimate of drug-likeness (QED) is 0.569. The van der Waals surface area contributed by atoms with E-state index in [9.17, 15) is 18.5 Å². The van der Waals surface area contributed by atoms with Crippen LogP contribution in [0, 0.1) is 22.0 Å². The van der Waals surface area contributed by atoms with E-state index in [2.05, 4.69) is 4.90 Å². The fourth-order valence-electron chi connectivity index (χ4n) is 2.67. The first-order chi connectivity index (χ1) is 10.3. The van der Waals surface area contributed by atoms with Crippen LogP contribution in [0.2, 0.25) is 0 Å². The fraction of sp³-hybridized carbons (Fsp3) is 0.600. The van der Waals surface area contributed by atoms with Crippen molar-refractivity contribution in [2.24, 2.45) is 11.8 Å². The largest absolute Gasteiger partial charge is 0.371 e. The number of hydrogen-bond acceptors (Lipinski definition) is 5. The van der Waals surface area contributed by atoms with Crippen molar-refractivity contribution in [2.45, 2.75) is 30.6 Å². The highest BCUT2D eigenvalue weighted by Gasteiger charge is 2.31. The Labute approximate surface area is 130 Å². The maximum Gasteiger partial charge on any atom is 0.290 e. The van der Waals surface area contributed by atoms with Gasteiger partial charge in [0.1, 0.15) is 4.90 Å². The maximum atomic E-state index is 11.7. The van der Waals surface area contributed by atoms with E-state index in [1.165, 1.54) is 37.8 Å². The van der Waals surface area contributed by atoms with Crippen molar-refractivity contribution in [3.63, 3.8) is 0 Å². The van der Waals surface area contributed by atoms with E-state index in [-0.39, 0.29) is 10.6 Å². The summed E-state index contributed by atoms with van der Waals surface area (Å²) in [6.07, 6.45) is 5.85. The molecule has 1 aromatic carbocycles. The Bertz CT molecular complexity index is 679. The van der Waals surface area contributed by atoms with E-state index in [4.69, 9.17) is 0 Å². The van der Waals surface area contributed by atoms with E-state index >= 15 is 0 Å². The van der Waals surface area contributed by atoms with E-state index in [1.54, 1.807) is 6.07 Å². The van der Waals surface area contributed by atoms with Gasteiger partial charge in [-0.3, -0.25) is 10.1 Å². The second-order valence-electron chi connectivity index (χ2n) is 6.47. The van der Waals surface area contributed by atoms with E-state index in [1.807, 2.05) is 0 Å². The molecule has 0 radical (unpaired) electrons. The van der Waals surface area contributed by atoms with Crippen molar-refractivity contribution in [1.29, 1.82) is 0 Å². The van der Waals surface area contributed by atoms with E-state index in [0.29, 0.717) is 11.8 Å². The molecule has 0 N–H and O–H groups in total. The average Bonchev–Trinajstić information content (AvgIpc) is 3.31. The summed E-state index contributed by atoms with van der Waals surface area (Å²) in [7, 11) is -3.60. The summed E-state index contributed by atoms with van der Waals surface area (Å²) < 4.78 is 23.4. The van der Waals surface area contributed by atoms with Gasteiger partial charge in [-0.05, 0) is 49.7 Å². The Morgan fingerprint density at radius 2 is 1.73 bits per heavy atom. The molecule has 2 fully saturated rings. The Balaban J connectivity index is 1.93. The third-order valence-electron chi connectivity index (χ3n) is 4.25. The number of benzene rings is 1. The van der Waals surface area contributed by atoms with Crippen LogP contribution in [0.1, 0.15) is 25.7 Å². The van der Waals surface area contributed by atoms with Gasteiger partial charge in [0.25, 0.3) is 5.69 Å². The Morgan fingerprint density at radius 3 is 2.14 bits per heavy atom. The van der Waals surface area contributed by atoms with Crippen molar-refractivity contribution in [2.75, 3.05) is 24.2 Å². The zero-order chi connectivity index (χ0) is 15.9. The standard InChI is InChI=1S/C15H20N2O4S/c1-22(20,21)15-7-6-13(8-14(15)17(18)19)16(9-11-2-3-11)10-12-4-5-12/h6-8,11-12H,2-5,9-10H2,1H3. The molecule has 3 rings (SSSR count). The Morgan fingerprint density at radius 1 is 1.18 bits per heavy atom. The van der Waals surface area contributed by atoms with Crippen LogP contribution in [-0.2, 0) is 9.84 Å². The molecule has 0 spiro atoms. The van der Waals surface area contributed by atoms with Gasteiger partial charge < -0.3 is 4.90 Å². The minimum atomic E-state index is -3.60. The highest BCUT2D eigenvalue weighted by molar-refractivity contribution is 7.90. The van der Waals surface area contributed by atoms with Crippen LogP contribution >= 0.6 is 0 Å². The number of anilines is 1. The van der Waals surface area contributed by atoms with E-state index < -0.39 is 14.8 Å². The normalized spacial score (nSPS) is 18.2. The second kappa shape index (κ2) is 5.53. The van der Waals surface area contributed by atoms with Gasteiger partial charge in [-0.15, -0.1) is 0 Å². The van der Waals surface area contributed by atoms with Crippen LogP contribution < -0.4 is 4.90 Å². The van der Waals surface area contributed by atoms with Gasteiger partial charge in [0.15, 0.2) is 9.84 Å². The number of hydrogen-bond donors (Lipinski definition) is 0. The lowest BCUT2D eigenvalue weighted by Crippen LogP contribution is -2.28. The second-order valence-corrected chi connectivity index (χ2v) is 8.46.